The van der Waals surface area contributed by atoms with Gasteiger partial charge in [-0.25, -0.2) is 9.97 Å². The van der Waals surface area contributed by atoms with E-state index in [0.29, 0.717) is 5.75 Å². The zero-order valence-electron chi connectivity index (χ0n) is 12.3. The number of benzene rings is 1. The molecule has 0 aliphatic rings. The van der Waals surface area contributed by atoms with Crippen molar-refractivity contribution in [2.45, 2.75) is 43.4 Å². The third-order valence-electron chi connectivity index (χ3n) is 3.14. The Bertz CT molecular complexity index is 604. The number of halogens is 1. The van der Waals surface area contributed by atoms with Crippen LogP contribution in [0, 0.1) is 6.92 Å². The second-order valence-electron chi connectivity index (χ2n) is 5.01. The van der Waals surface area contributed by atoms with E-state index >= 15 is 0 Å². The molecule has 1 aromatic heterocycles. The van der Waals surface area contributed by atoms with Crippen LogP contribution in [0.2, 0.25) is 5.02 Å². The highest BCUT2D eigenvalue weighted by atomic mass is 35.5. The first kappa shape index (κ1) is 16.3. The summed E-state index contributed by atoms with van der Waals surface area (Å²) < 4.78 is 0. The predicted molar refractivity (Wildman–Crippen MR) is 89.8 cm³/mol. The number of aryl methyl sites for hydroxylation is 1. The highest BCUT2D eigenvalue weighted by Crippen LogP contribution is 2.28. The molecule has 0 bridgehead atoms. The van der Waals surface area contributed by atoms with Gasteiger partial charge in [-0.2, -0.15) is 0 Å². The minimum atomic E-state index is 0.156. The molecule has 5 heteroatoms. The fourth-order valence-corrected chi connectivity index (χ4v) is 3.08. The summed E-state index contributed by atoms with van der Waals surface area (Å²) in [5, 5.41) is 0.767. The van der Waals surface area contributed by atoms with E-state index in [4.69, 9.17) is 17.3 Å². The van der Waals surface area contributed by atoms with Crippen LogP contribution in [0.15, 0.2) is 35.2 Å². The van der Waals surface area contributed by atoms with E-state index in [1.165, 1.54) is 0 Å². The Morgan fingerprint density at radius 2 is 2.05 bits per heavy atom. The average Bonchev–Trinajstić information content (AvgIpc) is 2.45. The first-order valence-electron chi connectivity index (χ1n) is 7.04. The van der Waals surface area contributed by atoms with Crippen LogP contribution in [-0.4, -0.2) is 16.0 Å². The van der Waals surface area contributed by atoms with Crippen molar-refractivity contribution in [3.05, 3.63) is 52.6 Å². The number of hydrogen-bond donors (Lipinski definition) is 1. The maximum absolute atomic E-state index is 6.16. The highest BCUT2D eigenvalue weighted by molar-refractivity contribution is 7.98. The molecule has 2 N–H and O–H groups in total. The summed E-state index contributed by atoms with van der Waals surface area (Å²) in [6, 6.07) is 9.99. The standard InChI is InChI=1S/C16H20ClN3S/c1-3-12(18)9-13-8-11(2)19-16(20-13)10-21-15-7-5-4-6-14(15)17/h4-8,12H,3,9-10,18H2,1-2H3. The van der Waals surface area contributed by atoms with Crippen molar-refractivity contribution >= 4 is 23.4 Å². The molecule has 0 radical (unpaired) electrons. The quantitative estimate of drug-likeness (QED) is 0.817. The summed E-state index contributed by atoms with van der Waals surface area (Å²) >= 11 is 7.82. The number of aromatic nitrogens is 2. The van der Waals surface area contributed by atoms with Crippen molar-refractivity contribution in [2.24, 2.45) is 5.73 Å². The van der Waals surface area contributed by atoms with Crippen LogP contribution in [0.25, 0.3) is 0 Å². The van der Waals surface area contributed by atoms with Gasteiger partial charge in [-0.1, -0.05) is 30.7 Å². The van der Waals surface area contributed by atoms with Crippen molar-refractivity contribution in [1.82, 2.24) is 9.97 Å². The van der Waals surface area contributed by atoms with Crippen LogP contribution in [0.5, 0.6) is 0 Å². The Kier molecular flexibility index (Phi) is 6.03. The lowest BCUT2D eigenvalue weighted by atomic mass is 10.1. The van der Waals surface area contributed by atoms with Gasteiger partial charge in [0.25, 0.3) is 0 Å². The Labute approximate surface area is 135 Å². The Morgan fingerprint density at radius 3 is 2.76 bits per heavy atom. The van der Waals surface area contributed by atoms with Crippen molar-refractivity contribution in [3.8, 4) is 0 Å². The lowest BCUT2D eigenvalue weighted by Crippen LogP contribution is -2.22. The number of nitrogens with two attached hydrogens (primary N) is 1. The molecule has 0 aliphatic heterocycles. The zero-order chi connectivity index (χ0) is 15.2. The van der Waals surface area contributed by atoms with Gasteiger partial charge < -0.3 is 5.73 Å². The summed E-state index contributed by atoms with van der Waals surface area (Å²) in [4.78, 5) is 10.2. The summed E-state index contributed by atoms with van der Waals surface area (Å²) in [6.45, 7) is 4.08. The van der Waals surface area contributed by atoms with Crippen LogP contribution in [0.1, 0.15) is 30.6 Å². The zero-order valence-corrected chi connectivity index (χ0v) is 13.9. The van der Waals surface area contributed by atoms with Crippen molar-refractivity contribution in [2.75, 3.05) is 0 Å². The maximum Gasteiger partial charge on any atom is 0.139 e. The predicted octanol–water partition coefficient (Wildman–Crippen LogP) is 4.01. The largest absolute Gasteiger partial charge is 0.327 e. The number of hydrogen-bond acceptors (Lipinski definition) is 4. The van der Waals surface area contributed by atoms with Gasteiger partial charge in [0.05, 0.1) is 10.8 Å². The SMILES string of the molecule is CCC(N)Cc1cc(C)nc(CSc2ccccc2Cl)n1. The fourth-order valence-electron chi connectivity index (χ4n) is 1.99. The second-order valence-corrected chi connectivity index (χ2v) is 6.43. The topological polar surface area (TPSA) is 51.8 Å². The summed E-state index contributed by atoms with van der Waals surface area (Å²) in [5.74, 6) is 1.54. The third-order valence-corrected chi connectivity index (χ3v) is 4.65. The minimum absolute atomic E-state index is 0.156. The molecule has 0 aliphatic carbocycles. The van der Waals surface area contributed by atoms with E-state index in [9.17, 15) is 0 Å². The Balaban J connectivity index is 2.08. The molecule has 0 fully saturated rings. The molecule has 21 heavy (non-hydrogen) atoms. The monoisotopic (exact) mass is 321 g/mol. The Morgan fingerprint density at radius 1 is 1.29 bits per heavy atom. The average molecular weight is 322 g/mol. The molecule has 1 aromatic carbocycles. The van der Waals surface area contributed by atoms with Crippen LogP contribution < -0.4 is 5.73 Å². The smallest absolute Gasteiger partial charge is 0.139 e. The van der Waals surface area contributed by atoms with Crippen LogP contribution >= 0.6 is 23.4 Å². The molecule has 0 saturated carbocycles. The molecule has 1 atom stereocenters. The molecule has 0 amide bonds. The molecule has 2 aromatic rings. The van der Waals surface area contributed by atoms with E-state index in [-0.39, 0.29) is 6.04 Å². The molecule has 2 rings (SSSR count). The number of rotatable bonds is 6. The van der Waals surface area contributed by atoms with E-state index in [1.807, 2.05) is 37.3 Å². The lowest BCUT2D eigenvalue weighted by Gasteiger charge is -2.10. The highest BCUT2D eigenvalue weighted by Gasteiger charge is 2.08. The van der Waals surface area contributed by atoms with Gasteiger partial charge in [-0.3, -0.25) is 0 Å². The van der Waals surface area contributed by atoms with Gasteiger partial charge >= 0.3 is 0 Å². The summed E-state index contributed by atoms with van der Waals surface area (Å²) in [6.07, 6.45) is 1.75. The fraction of sp³-hybridized carbons (Fsp3) is 0.375. The molecular weight excluding hydrogens is 302 g/mol. The molecule has 1 heterocycles. The van der Waals surface area contributed by atoms with Gasteiger partial charge in [-0.05, 0) is 31.5 Å². The molecular formula is C16H20ClN3S. The number of thioether (sulfide) groups is 1. The Hall–Kier alpha value is -1.10. The van der Waals surface area contributed by atoms with Crippen molar-refractivity contribution < 1.29 is 0 Å². The molecule has 112 valence electrons. The lowest BCUT2D eigenvalue weighted by molar-refractivity contribution is 0.633. The van der Waals surface area contributed by atoms with Crippen LogP contribution in [-0.2, 0) is 12.2 Å². The van der Waals surface area contributed by atoms with Gasteiger partial charge in [0, 0.05) is 28.7 Å². The first-order chi connectivity index (χ1) is 10.1. The van der Waals surface area contributed by atoms with Gasteiger partial charge in [0.1, 0.15) is 5.82 Å². The van der Waals surface area contributed by atoms with E-state index in [1.54, 1.807) is 11.8 Å². The third kappa shape index (κ3) is 4.99. The van der Waals surface area contributed by atoms with Gasteiger partial charge in [0.15, 0.2) is 0 Å². The van der Waals surface area contributed by atoms with Crippen molar-refractivity contribution in [3.63, 3.8) is 0 Å². The maximum atomic E-state index is 6.16. The number of nitrogens with zero attached hydrogens (tertiary/aromatic N) is 2. The van der Waals surface area contributed by atoms with E-state index < -0.39 is 0 Å². The first-order valence-corrected chi connectivity index (χ1v) is 8.41. The van der Waals surface area contributed by atoms with Crippen LogP contribution in [0.3, 0.4) is 0 Å². The van der Waals surface area contributed by atoms with Crippen LogP contribution in [0.4, 0.5) is 0 Å². The molecule has 0 spiro atoms. The summed E-state index contributed by atoms with van der Waals surface area (Å²) in [7, 11) is 0. The minimum Gasteiger partial charge on any atom is -0.327 e. The molecule has 0 saturated heterocycles. The van der Waals surface area contributed by atoms with Crippen molar-refractivity contribution in [1.29, 1.82) is 0 Å². The van der Waals surface area contributed by atoms with E-state index in [0.717, 1.165) is 40.0 Å². The van der Waals surface area contributed by atoms with E-state index in [2.05, 4.69) is 16.9 Å². The molecule has 3 nitrogen and oxygen atoms in total. The normalized spacial score (nSPS) is 12.4. The summed E-state index contributed by atoms with van der Waals surface area (Å²) in [5.41, 5.74) is 8.01. The van der Waals surface area contributed by atoms with Gasteiger partial charge in [-0.15, -0.1) is 11.8 Å². The molecule has 1 unspecified atom stereocenters. The van der Waals surface area contributed by atoms with Gasteiger partial charge in [0.2, 0.25) is 0 Å². The second kappa shape index (κ2) is 7.78.